The third-order valence-electron chi connectivity index (χ3n) is 2.48. The fourth-order valence-corrected chi connectivity index (χ4v) is 1.53. The SMILES string of the molecule is Cc1cccc(OCC(=O)NCCCC(C)O)c1. The Labute approximate surface area is 108 Å². The molecule has 1 aromatic carbocycles. The quantitative estimate of drug-likeness (QED) is 0.724. The van der Waals surface area contributed by atoms with Crippen LogP contribution in [0.1, 0.15) is 25.3 Å². The van der Waals surface area contributed by atoms with Crippen molar-refractivity contribution < 1.29 is 14.6 Å². The summed E-state index contributed by atoms with van der Waals surface area (Å²) in [5, 5.41) is 11.8. The number of amides is 1. The van der Waals surface area contributed by atoms with E-state index < -0.39 is 0 Å². The molecule has 0 saturated heterocycles. The summed E-state index contributed by atoms with van der Waals surface area (Å²) in [5.41, 5.74) is 1.10. The van der Waals surface area contributed by atoms with E-state index in [9.17, 15) is 4.79 Å². The molecule has 0 aromatic heterocycles. The molecule has 1 aromatic rings. The van der Waals surface area contributed by atoms with Crippen molar-refractivity contribution in [1.82, 2.24) is 5.32 Å². The van der Waals surface area contributed by atoms with Gasteiger partial charge in [0.1, 0.15) is 5.75 Å². The van der Waals surface area contributed by atoms with Crippen molar-refractivity contribution in [1.29, 1.82) is 0 Å². The summed E-state index contributed by atoms with van der Waals surface area (Å²) < 4.78 is 5.37. The molecule has 0 bridgehead atoms. The molecular weight excluding hydrogens is 230 g/mol. The van der Waals surface area contributed by atoms with Crippen molar-refractivity contribution in [3.8, 4) is 5.75 Å². The molecule has 1 atom stereocenters. The van der Waals surface area contributed by atoms with Gasteiger partial charge in [-0.15, -0.1) is 0 Å². The summed E-state index contributed by atoms with van der Waals surface area (Å²) in [6.07, 6.45) is 1.15. The number of rotatable bonds is 7. The maximum atomic E-state index is 11.4. The number of ether oxygens (including phenoxy) is 1. The number of hydrogen-bond acceptors (Lipinski definition) is 3. The van der Waals surface area contributed by atoms with Crippen LogP contribution >= 0.6 is 0 Å². The Bertz CT molecular complexity index is 377. The Morgan fingerprint density at radius 3 is 2.94 bits per heavy atom. The van der Waals surface area contributed by atoms with E-state index in [1.54, 1.807) is 6.92 Å². The summed E-state index contributed by atoms with van der Waals surface area (Å²) in [6.45, 7) is 4.31. The first-order valence-corrected chi connectivity index (χ1v) is 6.22. The van der Waals surface area contributed by atoms with Crippen molar-refractivity contribution in [2.75, 3.05) is 13.2 Å². The monoisotopic (exact) mass is 251 g/mol. The van der Waals surface area contributed by atoms with E-state index in [-0.39, 0.29) is 18.6 Å². The van der Waals surface area contributed by atoms with Crippen LogP contribution in [0.5, 0.6) is 5.75 Å². The molecule has 0 aliphatic heterocycles. The van der Waals surface area contributed by atoms with Crippen LogP contribution in [0.15, 0.2) is 24.3 Å². The molecular formula is C14H21NO3. The number of aryl methyl sites for hydroxylation is 1. The molecule has 1 unspecified atom stereocenters. The highest BCUT2D eigenvalue weighted by Gasteiger charge is 2.02. The molecule has 0 radical (unpaired) electrons. The molecule has 1 amide bonds. The van der Waals surface area contributed by atoms with E-state index in [1.807, 2.05) is 31.2 Å². The van der Waals surface area contributed by atoms with Gasteiger partial charge in [0.15, 0.2) is 6.61 Å². The summed E-state index contributed by atoms with van der Waals surface area (Å²) in [5.74, 6) is 0.566. The third-order valence-corrected chi connectivity index (χ3v) is 2.48. The highest BCUT2D eigenvalue weighted by Crippen LogP contribution is 2.11. The second-order valence-corrected chi connectivity index (χ2v) is 4.45. The van der Waals surface area contributed by atoms with Crippen LogP contribution in [0.2, 0.25) is 0 Å². The minimum Gasteiger partial charge on any atom is -0.484 e. The molecule has 2 N–H and O–H groups in total. The summed E-state index contributed by atoms with van der Waals surface area (Å²) in [6, 6.07) is 7.59. The van der Waals surface area contributed by atoms with Gasteiger partial charge in [-0.1, -0.05) is 12.1 Å². The van der Waals surface area contributed by atoms with Gasteiger partial charge in [-0.05, 0) is 44.4 Å². The zero-order valence-electron chi connectivity index (χ0n) is 11.0. The standard InChI is InChI=1S/C14H21NO3/c1-11-5-3-7-13(9-11)18-10-14(17)15-8-4-6-12(2)16/h3,5,7,9,12,16H,4,6,8,10H2,1-2H3,(H,15,17). The topological polar surface area (TPSA) is 58.6 Å². The summed E-state index contributed by atoms with van der Waals surface area (Å²) in [7, 11) is 0. The molecule has 4 heteroatoms. The summed E-state index contributed by atoms with van der Waals surface area (Å²) >= 11 is 0. The fourth-order valence-electron chi connectivity index (χ4n) is 1.53. The van der Waals surface area contributed by atoms with Gasteiger partial charge in [-0.2, -0.15) is 0 Å². The largest absolute Gasteiger partial charge is 0.484 e. The van der Waals surface area contributed by atoms with E-state index in [4.69, 9.17) is 9.84 Å². The zero-order valence-corrected chi connectivity index (χ0v) is 11.0. The molecule has 100 valence electrons. The Hall–Kier alpha value is -1.55. The second kappa shape index (κ2) is 7.71. The van der Waals surface area contributed by atoms with Crippen LogP contribution in [-0.4, -0.2) is 30.3 Å². The lowest BCUT2D eigenvalue weighted by molar-refractivity contribution is -0.123. The smallest absolute Gasteiger partial charge is 0.257 e. The van der Waals surface area contributed by atoms with Crippen molar-refractivity contribution in [2.24, 2.45) is 0 Å². The average molecular weight is 251 g/mol. The van der Waals surface area contributed by atoms with Crippen LogP contribution < -0.4 is 10.1 Å². The Morgan fingerprint density at radius 1 is 1.50 bits per heavy atom. The highest BCUT2D eigenvalue weighted by atomic mass is 16.5. The molecule has 0 saturated carbocycles. The van der Waals surface area contributed by atoms with Crippen LogP contribution in [0.25, 0.3) is 0 Å². The molecule has 0 aliphatic rings. The number of nitrogens with one attached hydrogen (secondary N) is 1. The predicted molar refractivity (Wildman–Crippen MR) is 70.6 cm³/mol. The van der Waals surface area contributed by atoms with Gasteiger partial charge in [-0.25, -0.2) is 0 Å². The minimum atomic E-state index is -0.314. The van der Waals surface area contributed by atoms with Gasteiger partial charge < -0.3 is 15.2 Å². The predicted octanol–water partition coefficient (Wildman–Crippen LogP) is 1.65. The lowest BCUT2D eigenvalue weighted by Gasteiger charge is -2.08. The van der Waals surface area contributed by atoms with Crippen LogP contribution in [0.4, 0.5) is 0 Å². The number of aliphatic hydroxyl groups is 1. The van der Waals surface area contributed by atoms with E-state index in [0.29, 0.717) is 18.7 Å². The van der Waals surface area contributed by atoms with Crippen molar-refractivity contribution >= 4 is 5.91 Å². The van der Waals surface area contributed by atoms with E-state index >= 15 is 0 Å². The second-order valence-electron chi connectivity index (χ2n) is 4.45. The minimum absolute atomic E-state index is 0.0259. The zero-order chi connectivity index (χ0) is 13.4. The summed E-state index contributed by atoms with van der Waals surface area (Å²) in [4.78, 5) is 11.4. The number of benzene rings is 1. The first-order valence-electron chi connectivity index (χ1n) is 6.22. The first-order chi connectivity index (χ1) is 8.58. The van der Waals surface area contributed by atoms with E-state index in [1.165, 1.54) is 0 Å². The number of hydrogen-bond donors (Lipinski definition) is 2. The molecule has 4 nitrogen and oxygen atoms in total. The van der Waals surface area contributed by atoms with Crippen LogP contribution in [0.3, 0.4) is 0 Å². The van der Waals surface area contributed by atoms with Crippen molar-refractivity contribution in [3.63, 3.8) is 0 Å². The Kier molecular flexibility index (Phi) is 6.22. The Morgan fingerprint density at radius 2 is 2.28 bits per heavy atom. The molecule has 0 spiro atoms. The van der Waals surface area contributed by atoms with Gasteiger partial charge in [0.25, 0.3) is 5.91 Å². The molecule has 18 heavy (non-hydrogen) atoms. The lowest BCUT2D eigenvalue weighted by atomic mass is 10.2. The van der Waals surface area contributed by atoms with Crippen LogP contribution in [0, 0.1) is 6.92 Å². The van der Waals surface area contributed by atoms with Gasteiger partial charge >= 0.3 is 0 Å². The average Bonchev–Trinajstić information content (AvgIpc) is 2.32. The molecule has 0 heterocycles. The maximum absolute atomic E-state index is 11.4. The van der Waals surface area contributed by atoms with Gasteiger partial charge in [0.2, 0.25) is 0 Å². The van der Waals surface area contributed by atoms with Gasteiger partial charge in [-0.3, -0.25) is 4.79 Å². The number of carbonyl (C=O) groups is 1. The first kappa shape index (κ1) is 14.5. The van der Waals surface area contributed by atoms with Gasteiger partial charge in [0.05, 0.1) is 6.10 Å². The van der Waals surface area contributed by atoms with Crippen LogP contribution in [-0.2, 0) is 4.79 Å². The number of carbonyl (C=O) groups excluding carboxylic acids is 1. The van der Waals surface area contributed by atoms with Crippen molar-refractivity contribution in [2.45, 2.75) is 32.8 Å². The molecule has 0 aliphatic carbocycles. The molecule has 1 rings (SSSR count). The third kappa shape index (κ3) is 6.25. The van der Waals surface area contributed by atoms with E-state index in [0.717, 1.165) is 12.0 Å². The maximum Gasteiger partial charge on any atom is 0.257 e. The van der Waals surface area contributed by atoms with E-state index in [2.05, 4.69) is 5.32 Å². The molecule has 0 fully saturated rings. The highest BCUT2D eigenvalue weighted by molar-refractivity contribution is 5.77. The lowest BCUT2D eigenvalue weighted by Crippen LogP contribution is -2.30. The van der Waals surface area contributed by atoms with Crippen molar-refractivity contribution in [3.05, 3.63) is 29.8 Å². The normalized spacial score (nSPS) is 11.9. The Balaban J connectivity index is 2.17. The van der Waals surface area contributed by atoms with Gasteiger partial charge in [0, 0.05) is 6.54 Å². The number of aliphatic hydroxyl groups excluding tert-OH is 1. The fraction of sp³-hybridized carbons (Fsp3) is 0.500.